The highest BCUT2D eigenvalue weighted by Gasteiger charge is 2.25. The lowest BCUT2D eigenvalue weighted by Gasteiger charge is -2.18. The smallest absolute Gasteiger partial charge is 0.164 e. The minimum atomic E-state index is 0.576. The van der Waals surface area contributed by atoms with Crippen molar-refractivity contribution in [3.05, 3.63) is 236 Å². The summed E-state index contributed by atoms with van der Waals surface area (Å²) >= 11 is 0. The second kappa shape index (κ2) is 16.0. The van der Waals surface area contributed by atoms with Crippen LogP contribution in [-0.2, 0) is 0 Å². The molecule has 1 aliphatic rings. The van der Waals surface area contributed by atoms with Crippen LogP contribution in [0.5, 0.6) is 0 Å². The maximum Gasteiger partial charge on any atom is 0.164 e. The van der Waals surface area contributed by atoms with Gasteiger partial charge in [-0.25, -0.2) is 15.0 Å². The fourth-order valence-electron chi connectivity index (χ4n) is 10.5. The van der Waals surface area contributed by atoms with Gasteiger partial charge >= 0.3 is 0 Å². The van der Waals surface area contributed by atoms with Crippen LogP contribution in [0.2, 0.25) is 0 Å². The monoisotopic (exact) mass is 862 g/mol. The molecule has 0 fully saturated rings. The Kier molecular flexibility index (Phi) is 9.20. The first-order valence-electron chi connectivity index (χ1n) is 22.9. The molecule has 12 aromatic rings. The van der Waals surface area contributed by atoms with Gasteiger partial charge in [0.25, 0.3) is 0 Å². The van der Waals surface area contributed by atoms with Gasteiger partial charge in [-0.2, -0.15) is 5.26 Å². The zero-order valence-electron chi connectivity index (χ0n) is 36.7. The number of nitrogens with zero attached hydrogens (tertiary/aromatic N) is 4. The molecule has 11 aromatic carbocycles. The summed E-state index contributed by atoms with van der Waals surface area (Å²) in [5, 5.41) is 17.9. The molecule has 4 nitrogen and oxygen atoms in total. The van der Waals surface area contributed by atoms with Gasteiger partial charge in [-0.3, -0.25) is 0 Å². The van der Waals surface area contributed by atoms with Gasteiger partial charge in [0, 0.05) is 22.3 Å². The van der Waals surface area contributed by atoms with Crippen LogP contribution in [0.1, 0.15) is 5.56 Å². The zero-order chi connectivity index (χ0) is 45.1. The Morgan fingerprint density at radius 2 is 0.765 bits per heavy atom. The van der Waals surface area contributed by atoms with Gasteiger partial charge < -0.3 is 0 Å². The molecule has 0 unspecified atom stereocenters. The standard InChI is InChI=1S/C64H38N4/c65-39-44-21-13-31-54(60(44)43-20-12-19-42(38-43)46-29-14-30-47-45-22-5-4-16-40(45)34-35-53(46)47)49-24-7-6-23-48(49)52-27-10-11-28-58(52)63-66-62(41-17-2-1-3-18-41)67-64(68-63)59-37-36-57-51-26-9-8-25-50(51)55-32-15-33-56(59)61(55)57/h1-38H. The molecule has 1 heterocycles. The third kappa shape index (κ3) is 6.33. The summed E-state index contributed by atoms with van der Waals surface area (Å²) in [6.07, 6.45) is 0. The minimum Gasteiger partial charge on any atom is -0.208 e. The molecular weight excluding hydrogens is 825 g/mol. The summed E-state index contributed by atoms with van der Waals surface area (Å²) < 4.78 is 0. The van der Waals surface area contributed by atoms with E-state index in [0.717, 1.165) is 66.6 Å². The highest BCUT2D eigenvalue weighted by Crippen LogP contribution is 2.49. The van der Waals surface area contributed by atoms with Crippen molar-refractivity contribution in [2.24, 2.45) is 0 Å². The highest BCUT2D eigenvalue weighted by atomic mass is 15.0. The molecule has 0 atom stereocenters. The van der Waals surface area contributed by atoms with E-state index in [9.17, 15) is 5.26 Å². The molecule has 0 radical (unpaired) electrons. The van der Waals surface area contributed by atoms with E-state index in [1.807, 2.05) is 36.4 Å². The molecule has 0 spiro atoms. The van der Waals surface area contributed by atoms with E-state index in [1.54, 1.807) is 0 Å². The molecular formula is C64H38N4. The molecule has 0 saturated carbocycles. The Bertz CT molecular complexity index is 4020. The van der Waals surface area contributed by atoms with Crippen molar-refractivity contribution < 1.29 is 0 Å². The quantitative estimate of drug-likeness (QED) is 0.150. The van der Waals surface area contributed by atoms with Crippen LogP contribution >= 0.6 is 0 Å². The number of fused-ring (bicyclic) bond motifs is 6. The van der Waals surface area contributed by atoms with Crippen LogP contribution in [0, 0.1) is 11.3 Å². The normalized spacial score (nSPS) is 11.5. The zero-order valence-corrected chi connectivity index (χ0v) is 36.7. The van der Waals surface area contributed by atoms with Gasteiger partial charge in [-0.15, -0.1) is 0 Å². The summed E-state index contributed by atoms with van der Waals surface area (Å²) in [5.41, 5.74) is 16.3. The number of hydrogen-bond acceptors (Lipinski definition) is 4. The van der Waals surface area contributed by atoms with E-state index in [2.05, 4.69) is 200 Å². The van der Waals surface area contributed by atoms with Crippen LogP contribution in [-0.4, -0.2) is 15.0 Å². The molecule has 314 valence electrons. The first kappa shape index (κ1) is 39.1. The SMILES string of the molecule is N#Cc1cccc(-c2ccccc2-c2ccccc2-c2nc(-c3ccccc3)nc(-c3ccc4c5c(cccc35)-c3ccccc3-4)n2)c1-c1cccc(-c2cccc3c2ccc2ccccc23)c1. The first-order valence-corrected chi connectivity index (χ1v) is 22.9. The van der Waals surface area contributed by atoms with E-state index in [-0.39, 0.29) is 0 Å². The van der Waals surface area contributed by atoms with Gasteiger partial charge in [0.15, 0.2) is 17.5 Å². The summed E-state index contributed by atoms with van der Waals surface area (Å²) in [4.78, 5) is 15.8. The molecule has 1 aliphatic carbocycles. The maximum absolute atomic E-state index is 10.8. The van der Waals surface area contributed by atoms with Crippen LogP contribution in [0.25, 0.3) is 133 Å². The topological polar surface area (TPSA) is 62.5 Å². The Hall–Kier alpha value is -9.30. The molecule has 0 saturated heterocycles. The van der Waals surface area contributed by atoms with E-state index in [4.69, 9.17) is 15.0 Å². The summed E-state index contributed by atoms with van der Waals surface area (Å²) in [6.45, 7) is 0. The fourth-order valence-corrected chi connectivity index (χ4v) is 10.5. The van der Waals surface area contributed by atoms with Crippen molar-refractivity contribution in [2.45, 2.75) is 0 Å². The third-order valence-corrected chi connectivity index (χ3v) is 13.6. The van der Waals surface area contributed by atoms with Crippen LogP contribution in [0.15, 0.2) is 231 Å². The minimum absolute atomic E-state index is 0.576. The first-order chi connectivity index (χ1) is 33.7. The Morgan fingerprint density at radius 1 is 0.279 bits per heavy atom. The van der Waals surface area contributed by atoms with Crippen molar-refractivity contribution in [3.63, 3.8) is 0 Å². The lowest BCUT2D eigenvalue weighted by molar-refractivity contribution is 1.08. The van der Waals surface area contributed by atoms with Crippen molar-refractivity contribution in [1.29, 1.82) is 5.26 Å². The maximum atomic E-state index is 10.8. The number of rotatable bonds is 7. The van der Waals surface area contributed by atoms with E-state index in [1.165, 1.54) is 49.2 Å². The average molecular weight is 863 g/mol. The van der Waals surface area contributed by atoms with Gasteiger partial charge in [0.2, 0.25) is 0 Å². The fraction of sp³-hybridized carbons (Fsp3) is 0. The molecule has 0 aliphatic heterocycles. The summed E-state index contributed by atoms with van der Waals surface area (Å²) in [6, 6.07) is 83.3. The Morgan fingerprint density at radius 3 is 1.53 bits per heavy atom. The largest absolute Gasteiger partial charge is 0.208 e. The molecule has 0 amide bonds. The van der Waals surface area contributed by atoms with Crippen molar-refractivity contribution in [3.8, 4) is 107 Å². The van der Waals surface area contributed by atoms with E-state index in [0.29, 0.717) is 23.0 Å². The summed E-state index contributed by atoms with van der Waals surface area (Å²) in [7, 11) is 0. The second-order valence-electron chi connectivity index (χ2n) is 17.3. The van der Waals surface area contributed by atoms with E-state index < -0.39 is 0 Å². The number of benzene rings is 11. The third-order valence-electron chi connectivity index (χ3n) is 13.6. The lowest BCUT2D eigenvalue weighted by atomic mass is 9.85. The van der Waals surface area contributed by atoms with Crippen molar-refractivity contribution >= 4 is 32.3 Å². The number of aromatic nitrogens is 3. The van der Waals surface area contributed by atoms with E-state index >= 15 is 0 Å². The predicted octanol–water partition coefficient (Wildman–Crippen LogP) is 16.5. The highest BCUT2D eigenvalue weighted by molar-refractivity contribution is 6.18. The molecule has 13 rings (SSSR count). The predicted molar refractivity (Wildman–Crippen MR) is 280 cm³/mol. The molecule has 1 aromatic heterocycles. The van der Waals surface area contributed by atoms with Crippen LogP contribution in [0.3, 0.4) is 0 Å². The Labute approximate surface area is 393 Å². The molecule has 0 N–H and O–H groups in total. The average Bonchev–Trinajstić information content (AvgIpc) is 3.75. The molecule has 0 bridgehead atoms. The lowest BCUT2D eigenvalue weighted by Crippen LogP contribution is -2.02. The molecule has 68 heavy (non-hydrogen) atoms. The number of hydrogen-bond donors (Lipinski definition) is 0. The second-order valence-corrected chi connectivity index (χ2v) is 17.3. The van der Waals surface area contributed by atoms with Crippen molar-refractivity contribution in [1.82, 2.24) is 15.0 Å². The van der Waals surface area contributed by atoms with Gasteiger partial charge in [0.05, 0.1) is 11.6 Å². The van der Waals surface area contributed by atoms with Gasteiger partial charge in [0.1, 0.15) is 0 Å². The van der Waals surface area contributed by atoms with Crippen LogP contribution in [0.4, 0.5) is 0 Å². The summed E-state index contributed by atoms with van der Waals surface area (Å²) in [5.74, 6) is 1.79. The van der Waals surface area contributed by atoms with Gasteiger partial charge in [-0.1, -0.05) is 212 Å². The van der Waals surface area contributed by atoms with Gasteiger partial charge in [-0.05, 0) is 112 Å². The molecule has 4 heteroatoms. The van der Waals surface area contributed by atoms with Crippen molar-refractivity contribution in [2.75, 3.05) is 0 Å². The Balaban J connectivity index is 0.973. The number of nitriles is 1. The van der Waals surface area contributed by atoms with Crippen LogP contribution < -0.4 is 0 Å².